The second-order valence-corrected chi connectivity index (χ2v) is 6.82. The van der Waals surface area contributed by atoms with Gasteiger partial charge in [-0.1, -0.05) is 0 Å². The molecule has 23 heavy (non-hydrogen) atoms. The Balaban J connectivity index is 1.92. The van der Waals surface area contributed by atoms with Gasteiger partial charge in [-0.2, -0.15) is 11.8 Å². The van der Waals surface area contributed by atoms with Crippen LogP contribution in [0.2, 0.25) is 0 Å². The summed E-state index contributed by atoms with van der Waals surface area (Å²) in [6, 6.07) is 3.73. The van der Waals surface area contributed by atoms with Gasteiger partial charge in [-0.15, -0.1) is 0 Å². The summed E-state index contributed by atoms with van der Waals surface area (Å²) < 4.78 is 6.03. The van der Waals surface area contributed by atoms with Crippen molar-refractivity contribution in [3.8, 4) is 5.75 Å². The monoisotopic (exact) mass is 339 g/mol. The van der Waals surface area contributed by atoms with Crippen molar-refractivity contribution in [2.75, 3.05) is 44.1 Å². The number of thioether (sulfide) groups is 1. The van der Waals surface area contributed by atoms with E-state index in [-0.39, 0.29) is 12.0 Å². The van der Waals surface area contributed by atoms with Crippen LogP contribution in [0.1, 0.15) is 12.8 Å². The third-order valence-corrected chi connectivity index (χ3v) is 4.45. The molecule has 0 aromatic carbocycles. The number of hydrogen-bond donors (Lipinski definition) is 1. The number of carbonyl (C=O) groups excluding carboxylic acids is 1. The van der Waals surface area contributed by atoms with Crippen molar-refractivity contribution in [1.82, 2.24) is 9.88 Å². The van der Waals surface area contributed by atoms with Gasteiger partial charge >= 0.3 is 0 Å². The van der Waals surface area contributed by atoms with Crippen molar-refractivity contribution >= 4 is 23.5 Å². The van der Waals surface area contributed by atoms with Crippen molar-refractivity contribution in [3.63, 3.8) is 0 Å². The van der Waals surface area contributed by atoms with E-state index >= 15 is 0 Å². The largest absolute Gasteiger partial charge is 0.485 e. The highest BCUT2D eigenvalue weighted by Gasteiger charge is 2.31. The maximum Gasteiger partial charge on any atom is 0.251 e. The number of aromatic nitrogens is 1. The van der Waals surface area contributed by atoms with Crippen LogP contribution >= 0.6 is 11.8 Å². The lowest BCUT2D eigenvalue weighted by Gasteiger charge is -2.21. The molecule has 0 bridgehead atoms. The molecule has 0 saturated carbocycles. The number of hydrogen-bond acceptors (Lipinski definition) is 6. The fourth-order valence-electron chi connectivity index (χ4n) is 2.58. The number of pyridine rings is 1. The number of aliphatic hydroxyl groups is 1. The molecule has 1 aromatic rings. The molecular weight excluding hydrogens is 314 g/mol. The third-order valence-electron chi connectivity index (χ3n) is 3.81. The van der Waals surface area contributed by atoms with Gasteiger partial charge in [0.1, 0.15) is 12.2 Å². The van der Waals surface area contributed by atoms with E-state index in [1.165, 1.54) is 0 Å². The van der Waals surface area contributed by atoms with E-state index < -0.39 is 6.10 Å². The van der Waals surface area contributed by atoms with Gasteiger partial charge < -0.3 is 19.6 Å². The van der Waals surface area contributed by atoms with Gasteiger partial charge in [-0.05, 0) is 30.6 Å². The lowest BCUT2D eigenvalue weighted by atomic mass is 10.2. The summed E-state index contributed by atoms with van der Waals surface area (Å²) in [5, 5.41) is 9.94. The van der Waals surface area contributed by atoms with Crippen LogP contribution in [0.25, 0.3) is 0 Å². The highest BCUT2D eigenvalue weighted by atomic mass is 32.2. The van der Waals surface area contributed by atoms with E-state index in [0.29, 0.717) is 19.5 Å². The van der Waals surface area contributed by atoms with Gasteiger partial charge in [0, 0.05) is 33.3 Å². The molecule has 0 radical (unpaired) electrons. The number of anilines is 1. The average molecular weight is 339 g/mol. The molecule has 1 aromatic heterocycles. The Morgan fingerprint density at radius 1 is 1.61 bits per heavy atom. The van der Waals surface area contributed by atoms with Crippen LogP contribution < -0.4 is 9.64 Å². The Kier molecular flexibility index (Phi) is 6.53. The topological polar surface area (TPSA) is 65.9 Å². The first-order chi connectivity index (χ1) is 11.0. The van der Waals surface area contributed by atoms with Crippen LogP contribution in [0.5, 0.6) is 5.75 Å². The predicted molar refractivity (Wildman–Crippen MR) is 93.2 cm³/mol. The number of rotatable bonds is 7. The lowest BCUT2D eigenvalue weighted by molar-refractivity contribution is -0.139. The minimum Gasteiger partial charge on any atom is -0.485 e. The zero-order valence-electron chi connectivity index (χ0n) is 13.9. The molecule has 1 aliphatic rings. The summed E-state index contributed by atoms with van der Waals surface area (Å²) in [4.78, 5) is 20.1. The quantitative estimate of drug-likeness (QED) is 0.806. The van der Waals surface area contributed by atoms with E-state index in [1.807, 2.05) is 37.4 Å². The number of nitrogens with zero attached hydrogens (tertiary/aromatic N) is 3. The Hall–Kier alpha value is -1.47. The van der Waals surface area contributed by atoms with Crippen molar-refractivity contribution < 1.29 is 14.6 Å². The molecular formula is C16H25N3O3S. The third kappa shape index (κ3) is 4.75. The summed E-state index contributed by atoms with van der Waals surface area (Å²) in [5.41, 5.74) is 0. The van der Waals surface area contributed by atoms with Gasteiger partial charge in [0.15, 0.2) is 11.6 Å². The van der Waals surface area contributed by atoms with Gasteiger partial charge in [0.25, 0.3) is 5.91 Å². The van der Waals surface area contributed by atoms with Crippen molar-refractivity contribution in [2.24, 2.45) is 0 Å². The van der Waals surface area contributed by atoms with E-state index in [2.05, 4.69) is 4.98 Å². The normalized spacial score (nSPS) is 18.8. The highest BCUT2D eigenvalue weighted by molar-refractivity contribution is 7.98. The van der Waals surface area contributed by atoms with Crippen molar-refractivity contribution in [1.29, 1.82) is 0 Å². The van der Waals surface area contributed by atoms with Crippen LogP contribution in [0.3, 0.4) is 0 Å². The Bertz CT molecular complexity index is 527. The molecule has 2 heterocycles. The van der Waals surface area contributed by atoms with E-state index in [4.69, 9.17) is 4.74 Å². The lowest BCUT2D eigenvalue weighted by Crippen LogP contribution is -2.39. The first-order valence-corrected chi connectivity index (χ1v) is 9.17. The second kappa shape index (κ2) is 8.40. The molecule has 2 atom stereocenters. The molecule has 0 spiro atoms. The molecule has 1 N–H and O–H groups in total. The van der Waals surface area contributed by atoms with Crippen LogP contribution in [0.4, 0.5) is 5.82 Å². The summed E-state index contributed by atoms with van der Waals surface area (Å²) in [7, 11) is 3.84. The predicted octanol–water partition coefficient (Wildman–Crippen LogP) is 1.24. The van der Waals surface area contributed by atoms with Crippen molar-refractivity contribution in [2.45, 2.75) is 25.0 Å². The summed E-state index contributed by atoms with van der Waals surface area (Å²) in [6.07, 6.45) is 3.99. The molecule has 1 saturated heterocycles. The Labute approximate surface area is 141 Å². The smallest absolute Gasteiger partial charge is 0.251 e. The van der Waals surface area contributed by atoms with Crippen LogP contribution in [-0.2, 0) is 4.79 Å². The van der Waals surface area contributed by atoms with Gasteiger partial charge in [-0.25, -0.2) is 4.98 Å². The summed E-state index contributed by atoms with van der Waals surface area (Å²) >= 11 is 1.63. The molecule has 2 rings (SSSR count). The zero-order chi connectivity index (χ0) is 16.8. The van der Waals surface area contributed by atoms with Crippen molar-refractivity contribution in [3.05, 3.63) is 18.3 Å². The molecule has 1 fully saturated rings. The molecule has 1 aliphatic heterocycles. The number of ether oxygens (including phenoxy) is 1. The zero-order valence-corrected chi connectivity index (χ0v) is 14.8. The minimum absolute atomic E-state index is 0.0606. The maximum atomic E-state index is 12.2. The molecule has 0 aliphatic carbocycles. The Morgan fingerprint density at radius 2 is 2.39 bits per heavy atom. The first-order valence-electron chi connectivity index (χ1n) is 7.77. The van der Waals surface area contributed by atoms with Crippen LogP contribution in [0, 0.1) is 0 Å². The molecule has 6 nitrogen and oxygen atoms in total. The van der Waals surface area contributed by atoms with E-state index in [9.17, 15) is 9.90 Å². The summed E-state index contributed by atoms with van der Waals surface area (Å²) in [5.74, 6) is 2.09. The number of amides is 1. The van der Waals surface area contributed by atoms with Gasteiger partial charge in [-0.3, -0.25) is 4.79 Å². The Morgan fingerprint density at radius 3 is 3.09 bits per heavy atom. The van der Waals surface area contributed by atoms with Gasteiger partial charge in [0.2, 0.25) is 0 Å². The standard InChI is InChI=1S/C16H25N3O3S/c1-18(2)15-14(5-4-8-17-15)22-12-6-9-19(11-12)16(21)13(20)7-10-23-3/h4-5,8,12-13,20H,6-7,9-11H2,1-3H3/t12-,13-/m0/s1. The summed E-state index contributed by atoms with van der Waals surface area (Å²) in [6.45, 7) is 1.13. The number of aliphatic hydroxyl groups excluding tert-OH is 1. The molecule has 7 heteroatoms. The fraction of sp³-hybridized carbons (Fsp3) is 0.625. The molecule has 1 amide bonds. The van der Waals surface area contributed by atoms with Gasteiger partial charge in [0.05, 0.1) is 6.54 Å². The minimum atomic E-state index is -0.906. The van der Waals surface area contributed by atoms with Crippen LogP contribution in [-0.4, -0.2) is 72.3 Å². The number of likely N-dealkylation sites (tertiary alicyclic amines) is 1. The van der Waals surface area contributed by atoms with E-state index in [1.54, 1.807) is 22.9 Å². The maximum absolute atomic E-state index is 12.2. The molecule has 128 valence electrons. The first kappa shape index (κ1) is 17.9. The SMILES string of the molecule is CSCC[C@H](O)C(=O)N1CC[C@H](Oc2cccnc2N(C)C)C1. The van der Waals surface area contributed by atoms with Crippen LogP contribution in [0.15, 0.2) is 18.3 Å². The fourth-order valence-corrected chi connectivity index (χ4v) is 3.04. The van der Waals surface area contributed by atoms with E-state index in [0.717, 1.165) is 23.7 Å². The highest BCUT2D eigenvalue weighted by Crippen LogP contribution is 2.26. The number of carbonyl (C=O) groups is 1. The second-order valence-electron chi connectivity index (χ2n) is 5.83. The molecule has 0 unspecified atom stereocenters. The average Bonchev–Trinajstić information content (AvgIpc) is 3.00.